The summed E-state index contributed by atoms with van der Waals surface area (Å²) in [6, 6.07) is 4.15. The number of nitrogens with zero attached hydrogens (tertiary/aromatic N) is 4. The van der Waals surface area contributed by atoms with Gasteiger partial charge in [0.15, 0.2) is 5.82 Å². The topological polar surface area (TPSA) is 82.5 Å². The Morgan fingerprint density at radius 2 is 2.23 bits per heavy atom. The molecule has 0 aromatic carbocycles. The lowest BCUT2D eigenvalue weighted by Crippen LogP contribution is -2.01. The molecule has 7 nitrogen and oxygen atoms in total. The Bertz CT molecular complexity index is 847. The van der Waals surface area contributed by atoms with Crippen LogP contribution in [0.2, 0.25) is 0 Å². The number of aromatic nitrogens is 4. The normalized spacial score (nSPS) is 14.4. The quantitative estimate of drug-likeness (QED) is 0.685. The molecule has 22 heavy (non-hydrogen) atoms. The number of carbonyl (C=O) groups is 1. The second-order valence-electron chi connectivity index (χ2n) is 5.42. The molecule has 112 valence electrons. The van der Waals surface area contributed by atoms with Crippen LogP contribution in [0.3, 0.4) is 0 Å². The van der Waals surface area contributed by atoms with Gasteiger partial charge in [-0.2, -0.15) is 4.98 Å². The fourth-order valence-corrected chi connectivity index (χ4v) is 2.46. The number of pyridine rings is 1. The van der Waals surface area contributed by atoms with Crippen LogP contribution in [-0.4, -0.2) is 32.6 Å². The molecule has 0 aliphatic heterocycles. The molecule has 0 radical (unpaired) electrons. The zero-order chi connectivity index (χ0) is 15.1. The third kappa shape index (κ3) is 2.34. The summed E-state index contributed by atoms with van der Waals surface area (Å²) in [6.45, 7) is 0. The second kappa shape index (κ2) is 4.94. The van der Waals surface area contributed by atoms with E-state index in [1.165, 1.54) is 25.5 Å². The lowest BCUT2D eigenvalue weighted by molar-refractivity contribution is 0.0545. The maximum absolute atomic E-state index is 11.3. The minimum absolute atomic E-state index is 0.141. The number of carbonyl (C=O) groups excluding carboxylic acids is 1. The minimum atomic E-state index is -0.636. The highest BCUT2D eigenvalue weighted by Gasteiger charge is 2.24. The molecule has 0 atom stereocenters. The van der Waals surface area contributed by atoms with Gasteiger partial charge in [-0.05, 0) is 30.4 Å². The first-order valence-corrected chi connectivity index (χ1v) is 7.11. The van der Waals surface area contributed by atoms with E-state index in [0.29, 0.717) is 18.2 Å². The molecule has 1 saturated carbocycles. The van der Waals surface area contributed by atoms with Gasteiger partial charge in [0.05, 0.1) is 19.2 Å². The molecule has 3 aromatic heterocycles. The third-order valence-electron chi connectivity index (χ3n) is 3.74. The number of ether oxygens (including phenoxy) is 1. The van der Waals surface area contributed by atoms with Crippen molar-refractivity contribution in [3.63, 3.8) is 0 Å². The smallest absolute Gasteiger partial charge is 0.397 e. The van der Waals surface area contributed by atoms with Crippen LogP contribution in [0.15, 0.2) is 29.0 Å². The predicted octanol–water partition coefficient (Wildman–Crippen LogP) is 1.97. The number of fused-ring (bicyclic) bond motifs is 1. The third-order valence-corrected chi connectivity index (χ3v) is 3.74. The highest BCUT2D eigenvalue weighted by atomic mass is 16.6. The van der Waals surface area contributed by atoms with Gasteiger partial charge in [0, 0.05) is 12.4 Å². The number of rotatable bonds is 4. The van der Waals surface area contributed by atoms with Crippen molar-refractivity contribution in [1.82, 2.24) is 19.5 Å². The average molecular weight is 298 g/mol. The van der Waals surface area contributed by atoms with Crippen molar-refractivity contribution in [3.8, 4) is 0 Å². The molecule has 0 amide bonds. The highest BCUT2D eigenvalue weighted by Crippen LogP contribution is 2.39. The summed E-state index contributed by atoms with van der Waals surface area (Å²) in [6.07, 6.45) is 7.02. The van der Waals surface area contributed by atoms with E-state index in [0.717, 1.165) is 11.3 Å². The maximum atomic E-state index is 11.3. The number of methoxy groups -OCH3 is 1. The van der Waals surface area contributed by atoms with E-state index in [1.54, 1.807) is 0 Å². The first-order chi connectivity index (χ1) is 10.7. The van der Waals surface area contributed by atoms with E-state index < -0.39 is 5.97 Å². The lowest BCUT2D eigenvalue weighted by atomic mass is 10.2. The molecule has 0 saturated heterocycles. The van der Waals surface area contributed by atoms with Crippen LogP contribution in [0.25, 0.3) is 5.65 Å². The van der Waals surface area contributed by atoms with Gasteiger partial charge < -0.3 is 13.7 Å². The van der Waals surface area contributed by atoms with Crippen molar-refractivity contribution >= 4 is 11.6 Å². The molecule has 0 N–H and O–H groups in total. The van der Waals surface area contributed by atoms with Crippen LogP contribution < -0.4 is 0 Å². The standard InChI is InChI=1S/C15H14N4O3/c1-21-15(20)14-17-12(18-22-14)6-11-8-19-7-10(9-2-3-9)4-5-13(19)16-11/h4-5,7-9H,2-3,6H2,1H3. The molecular formula is C15H14N4O3. The molecule has 1 aliphatic rings. The Hall–Kier alpha value is -2.70. The van der Waals surface area contributed by atoms with Crippen molar-refractivity contribution in [1.29, 1.82) is 0 Å². The van der Waals surface area contributed by atoms with Gasteiger partial charge >= 0.3 is 11.9 Å². The van der Waals surface area contributed by atoms with Gasteiger partial charge in [-0.15, -0.1) is 0 Å². The molecule has 0 spiro atoms. The van der Waals surface area contributed by atoms with Crippen molar-refractivity contribution < 1.29 is 14.1 Å². The van der Waals surface area contributed by atoms with Crippen molar-refractivity contribution in [2.75, 3.05) is 7.11 Å². The Morgan fingerprint density at radius 3 is 3.00 bits per heavy atom. The summed E-state index contributed by atoms with van der Waals surface area (Å²) in [7, 11) is 1.27. The molecule has 1 aliphatic carbocycles. The SMILES string of the molecule is COC(=O)c1nc(Cc2cn3cc(C4CC4)ccc3n2)no1. The average Bonchev–Trinajstić information content (AvgIpc) is 3.15. The van der Waals surface area contributed by atoms with E-state index >= 15 is 0 Å². The number of hydrogen-bond acceptors (Lipinski definition) is 6. The van der Waals surface area contributed by atoms with E-state index in [-0.39, 0.29) is 5.89 Å². The van der Waals surface area contributed by atoms with E-state index in [1.807, 2.05) is 16.7 Å². The fourth-order valence-electron chi connectivity index (χ4n) is 2.46. The van der Waals surface area contributed by atoms with E-state index in [2.05, 4.69) is 32.1 Å². The molecule has 7 heteroatoms. The molecule has 3 aromatic rings. The lowest BCUT2D eigenvalue weighted by Gasteiger charge is -1.98. The first kappa shape index (κ1) is 13.0. The van der Waals surface area contributed by atoms with Crippen LogP contribution in [-0.2, 0) is 11.2 Å². The first-order valence-electron chi connectivity index (χ1n) is 7.11. The molecule has 3 heterocycles. The van der Waals surface area contributed by atoms with Gasteiger partial charge in [0.1, 0.15) is 5.65 Å². The predicted molar refractivity (Wildman–Crippen MR) is 75.6 cm³/mol. The van der Waals surface area contributed by atoms with Gasteiger partial charge in [-0.1, -0.05) is 11.2 Å². The summed E-state index contributed by atoms with van der Waals surface area (Å²) in [5.41, 5.74) is 3.06. The molecule has 0 bridgehead atoms. The van der Waals surface area contributed by atoms with Crippen LogP contribution in [0.1, 0.15) is 46.5 Å². The second-order valence-corrected chi connectivity index (χ2v) is 5.42. The van der Waals surface area contributed by atoms with Gasteiger partial charge in [-0.3, -0.25) is 0 Å². The Kier molecular flexibility index (Phi) is 2.92. The molecule has 1 fully saturated rings. The summed E-state index contributed by atoms with van der Waals surface area (Å²) >= 11 is 0. The monoisotopic (exact) mass is 298 g/mol. The number of imidazole rings is 1. The Morgan fingerprint density at radius 1 is 1.36 bits per heavy atom. The van der Waals surface area contributed by atoms with E-state index in [4.69, 9.17) is 4.52 Å². The summed E-state index contributed by atoms with van der Waals surface area (Å²) in [5, 5.41) is 3.77. The van der Waals surface area contributed by atoms with Crippen LogP contribution in [0.4, 0.5) is 0 Å². The maximum Gasteiger partial charge on any atom is 0.397 e. The minimum Gasteiger partial charge on any atom is -0.462 e. The molecule has 0 unspecified atom stereocenters. The number of hydrogen-bond donors (Lipinski definition) is 0. The van der Waals surface area contributed by atoms with Gasteiger partial charge in [0.25, 0.3) is 0 Å². The van der Waals surface area contributed by atoms with Gasteiger partial charge in [0.2, 0.25) is 0 Å². The van der Waals surface area contributed by atoms with Gasteiger partial charge in [-0.25, -0.2) is 9.78 Å². The summed E-state index contributed by atoms with van der Waals surface area (Å²) < 4.78 is 11.4. The zero-order valence-electron chi connectivity index (χ0n) is 12.0. The highest BCUT2D eigenvalue weighted by molar-refractivity contribution is 5.83. The van der Waals surface area contributed by atoms with Crippen molar-refractivity contribution in [2.24, 2.45) is 0 Å². The van der Waals surface area contributed by atoms with Crippen LogP contribution >= 0.6 is 0 Å². The summed E-state index contributed by atoms with van der Waals surface area (Å²) in [4.78, 5) is 19.8. The Balaban J connectivity index is 1.58. The molecule has 4 rings (SSSR count). The van der Waals surface area contributed by atoms with Crippen molar-refractivity contribution in [2.45, 2.75) is 25.2 Å². The Labute approximate surface area is 125 Å². The van der Waals surface area contributed by atoms with Crippen LogP contribution in [0, 0.1) is 0 Å². The van der Waals surface area contributed by atoms with Crippen molar-refractivity contribution in [3.05, 3.63) is 47.5 Å². The van der Waals surface area contributed by atoms with E-state index in [9.17, 15) is 4.79 Å². The zero-order valence-corrected chi connectivity index (χ0v) is 12.0. The number of esters is 1. The fraction of sp³-hybridized carbons (Fsp3) is 0.333. The largest absolute Gasteiger partial charge is 0.462 e. The van der Waals surface area contributed by atoms with Crippen LogP contribution in [0.5, 0.6) is 0 Å². The molecular weight excluding hydrogens is 284 g/mol. The summed E-state index contributed by atoms with van der Waals surface area (Å²) in [5.74, 6) is 0.335.